The fraction of sp³-hybridized carbons (Fsp3) is 0.917. The van der Waals surface area contributed by atoms with Crippen molar-refractivity contribution in [3.8, 4) is 0 Å². The molecule has 0 aliphatic heterocycles. The van der Waals surface area contributed by atoms with Gasteiger partial charge in [0.2, 0.25) is 0 Å². The van der Waals surface area contributed by atoms with Crippen LogP contribution in [0.3, 0.4) is 0 Å². The Kier molecular flexibility index (Phi) is 8.70. The van der Waals surface area contributed by atoms with Gasteiger partial charge in [0, 0.05) is 6.42 Å². The summed E-state index contributed by atoms with van der Waals surface area (Å²) in [5.74, 6) is 0.469. The van der Waals surface area contributed by atoms with Crippen LogP contribution >= 0.6 is 0 Å². The van der Waals surface area contributed by atoms with E-state index in [9.17, 15) is 4.79 Å². The molecule has 0 aromatic heterocycles. The lowest BCUT2D eigenvalue weighted by molar-refractivity contribution is -0.145. The van der Waals surface area contributed by atoms with Gasteiger partial charge in [0.1, 0.15) is 0 Å². The topological polar surface area (TPSA) is 26.3 Å². The molecule has 0 radical (unpaired) electrons. The summed E-state index contributed by atoms with van der Waals surface area (Å²) in [6.45, 7) is 6.97. The molecule has 0 aromatic rings. The maximum Gasteiger partial charge on any atom is 0.305 e. The van der Waals surface area contributed by atoms with Crippen molar-refractivity contribution in [1.82, 2.24) is 0 Å². The van der Waals surface area contributed by atoms with Crippen LogP contribution in [0.15, 0.2) is 0 Å². The van der Waals surface area contributed by atoms with E-state index >= 15 is 0 Å². The molecule has 1 unspecified atom stereocenters. The van der Waals surface area contributed by atoms with Gasteiger partial charge >= 0.3 is 5.97 Å². The van der Waals surface area contributed by atoms with Crippen molar-refractivity contribution >= 4 is 5.97 Å². The number of hydrogen-bond donors (Lipinski definition) is 0. The Morgan fingerprint density at radius 1 is 1.21 bits per heavy atom. The van der Waals surface area contributed by atoms with Gasteiger partial charge in [-0.3, -0.25) is 4.79 Å². The zero-order chi connectivity index (χ0) is 10.8. The molecular formula is C12H24O2. The number of carbonyl (C=O) groups excluding carboxylic acids is 1. The molecule has 84 valence electrons. The minimum atomic E-state index is -0.0265. The summed E-state index contributed by atoms with van der Waals surface area (Å²) in [5.41, 5.74) is 0. The second-order valence-electron chi connectivity index (χ2n) is 4.01. The largest absolute Gasteiger partial charge is 0.465 e. The third-order valence-electron chi connectivity index (χ3n) is 2.46. The first-order valence-corrected chi connectivity index (χ1v) is 5.86. The summed E-state index contributed by atoms with van der Waals surface area (Å²) in [6, 6.07) is 0. The minimum absolute atomic E-state index is 0.0265. The van der Waals surface area contributed by atoms with Gasteiger partial charge in [0.15, 0.2) is 0 Å². The lowest BCUT2D eigenvalue weighted by Crippen LogP contribution is -2.11. The van der Waals surface area contributed by atoms with Crippen LogP contribution in [0.5, 0.6) is 0 Å². The monoisotopic (exact) mass is 200 g/mol. The first-order valence-electron chi connectivity index (χ1n) is 5.86. The predicted octanol–water partition coefficient (Wildman–Crippen LogP) is 3.55. The molecule has 0 saturated carbocycles. The van der Waals surface area contributed by atoms with Gasteiger partial charge in [-0.25, -0.2) is 0 Å². The smallest absolute Gasteiger partial charge is 0.305 e. The maximum atomic E-state index is 11.2. The van der Waals surface area contributed by atoms with E-state index in [4.69, 9.17) is 4.74 Å². The number of unbranched alkanes of at least 4 members (excludes halogenated alkanes) is 3. The Morgan fingerprint density at radius 3 is 2.50 bits per heavy atom. The lowest BCUT2D eigenvalue weighted by Gasteiger charge is -2.09. The molecular weight excluding hydrogens is 176 g/mol. The normalized spacial score (nSPS) is 12.5. The lowest BCUT2D eigenvalue weighted by atomic mass is 10.1. The molecule has 1 atom stereocenters. The number of carbonyl (C=O) groups is 1. The van der Waals surface area contributed by atoms with Crippen molar-refractivity contribution in [2.45, 2.75) is 59.3 Å². The molecule has 0 N–H and O–H groups in total. The fourth-order valence-electron chi connectivity index (χ4n) is 1.12. The molecule has 0 aliphatic carbocycles. The molecule has 2 nitrogen and oxygen atoms in total. The van der Waals surface area contributed by atoms with Gasteiger partial charge in [0.25, 0.3) is 0 Å². The maximum absolute atomic E-state index is 11.2. The Bertz CT molecular complexity index is 143. The van der Waals surface area contributed by atoms with Gasteiger partial charge in [-0.05, 0) is 12.3 Å². The molecule has 0 heterocycles. The van der Waals surface area contributed by atoms with Gasteiger partial charge in [0.05, 0.1) is 6.61 Å². The van der Waals surface area contributed by atoms with Crippen molar-refractivity contribution in [3.05, 3.63) is 0 Å². The fourth-order valence-corrected chi connectivity index (χ4v) is 1.12. The Hall–Kier alpha value is -0.530. The zero-order valence-corrected chi connectivity index (χ0v) is 9.84. The highest BCUT2D eigenvalue weighted by atomic mass is 16.5. The van der Waals surface area contributed by atoms with E-state index in [1.54, 1.807) is 0 Å². The molecule has 0 spiro atoms. The van der Waals surface area contributed by atoms with Crippen molar-refractivity contribution in [2.24, 2.45) is 5.92 Å². The minimum Gasteiger partial charge on any atom is -0.465 e. The van der Waals surface area contributed by atoms with Crippen LogP contribution in [0.1, 0.15) is 59.3 Å². The van der Waals surface area contributed by atoms with E-state index in [0.717, 1.165) is 19.3 Å². The first kappa shape index (κ1) is 13.5. The van der Waals surface area contributed by atoms with Crippen LogP contribution in [-0.4, -0.2) is 12.6 Å². The Labute approximate surface area is 88.0 Å². The number of ether oxygens (including phenoxy) is 1. The highest BCUT2D eigenvalue weighted by Crippen LogP contribution is 2.05. The van der Waals surface area contributed by atoms with E-state index in [0.29, 0.717) is 18.9 Å². The van der Waals surface area contributed by atoms with E-state index in [1.165, 1.54) is 12.8 Å². The average Bonchev–Trinajstić information content (AvgIpc) is 2.21. The Balaban J connectivity index is 3.28. The first-order chi connectivity index (χ1) is 6.70. The molecule has 0 aliphatic rings. The number of hydrogen-bond acceptors (Lipinski definition) is 2. The van der Waals surface area contributed by atoms with Crippen molar-refractivity contribution < 1.29 is 9.53 Å². The molecule has 0 fully saturated rings. The van der Waals surface area contributed by atoms with Crippen molar-refractivity contribution in [2.75, 3.05) is 6.61 Å². The third-order valence-corrected chi connectivity index (χ3v) is 2.46. The zero-order valence-electron chi connectivity index (χ0n) is 9.84. The predicted molar refractivity (Wildman–Crippen MR) is 59.2 cm³/mol. The van der Waals surface area contributed by atoms with Gasteiger partial charge in [-0.15, -0.1) is 0 Å². The van der Waals surface area contributed by atoms with Crippen LogP contribution in [0.2, 0.25) is 0 Å². The summed E-state index contributed by atoms with van der Waals surface area (Å²) in [6.07, 6.45) is 6.22. The van der Waals surface area contributed by atoms with Gasteiger partial charge < -0.3 is 4.74 Å². The molecule has 0 aromatic carbocycles. The highest BCUT2D eigenvalue weighted by Gasteiger charge is 2.05. The van der Waals surface area contributed by atoms with Crippen molar-refractivity contribution in [1.29, 1.82) is 0 Å². The summed E-state index contributed by atoms with van der Waals surface area (Å²) in [7, 11) is 0. The Morgan fingerprint density at radius 2 is 1.93 bits per heavy atom. The highest BCUT2D eigenvalue weighted by molar-refractivity contribution is 5.69. The molecule has 0 bridgehead atoms. The summed E-state index contributed by atoms with van der Waals surface area (Å²) in [5, 5.41) is 0. The standard InChI is InChI=1S/C12H24O2/c1-4-6-7-8-9-12(13)14-10-11(3)5-2/h11H,4-10H2,1-3H3. The average molecular weight is 200 g/mol. The molecule has 0 rings (SSSR count). The quantitative estimate of drug-likeness (QED) is 0.442. The van der Waals surface area contributed by atoms with E-state index < -0.39 is 0 Å². The molecule has 14 heavy (non-hydrogen) atoms. The van der Waals surface area contributed by atoms with E-state index in [1.807, 2.05) is 0 Å². The number of rotatable bonds is 8. The van der Waals surface area contributed by atoms with Crippen LogP contribution < -0.4 is 0 Å². The number of esters is 1. The van der Waals surface area contributed by atoms with Crippen LogP contribution in [-0.2, 0) is 9.53 Å². The molecule has 0 saturated heterocycles. The van der Waals surface area contributed by atoms with E-state index in [2.05, 4.69) is 20.8 Å². The second kappa shape index (κ2) is 9.04. The summed E-state index contributed by atoms with van der Waals surface area (Å²) in [4.78, 5) is 11.2. The molecule has 0 amide bonds. The van der Waals surface area contributed by atoms with Gasteiger partial charge in [-0.1, -0.05) is 46.5 Å². The second-order valence-corrected chi connectivity index (χ2v) is 4.01. The SMILES string of the molecule is CCCCCCC(=O)OCC(C)CC. The van der Waals surface area contributed by atoms with Crippen LogP contribution in [0, 0.1) is 5.92 Å². The summed E-state index contributed by atoms with van der Waals surface area (Å²) >= 11 is 0. The van der Waals surface area contributed by atoms with Crippen molar-refractivity contribution in [3.63, 3.8) is 0 Å². The molecule has 2 heteroatoms. The van der Waals surface area contributed by atoms with Gasteiger partial charge in [-0.2, -0.15) is 0 Å². The van der Waals surface area contributed by atoms with Crippen LogP contribution in [0.25, 0.3) is 0 Å². The van der Waals surface area contributed by atoms with Crippen LogP contribution in [0.4, 0.5) is 0 Å². The third kappa shape index (κ3) is 8.09. The summed E-state index contributed by atoms with van der Waals surface area (Å²) < 4.78 is 5.14. The van der Waals surface area contributed by atoms with E-state index in [-0.39, 0.29) is 5.97 Å².